The molecule has 0 aromatic carbocycles. The van der Waals surface area contributed by atoms with E-state index in [1.807, 2.05) is 11.5 Å². The SMILES string of the molecule is CCn1c([C@H]2CCCN(C3CSCCSC3)C2)nn(C)c1=O. The maximum absolute atomic E-state index is 12.1. The number of rotatable bonds is 3. The minimum atomic E-state index is 0.0233. The fourth-order valence-electron chi connectivity index (χ4n) is 3.49. The lowest BCUT2D eigenvalue weighted by molar-refractivity contribution is 0.168. The van der Waals surface area contributed by atoms with E-state index in [9.17, 15) is 4.79 Å². The first-order chi connectivity index (χ1) is 10.7. The Balaban J connectivity index is 1.75. The van der Waals surface area contributed by atoms with Gasteiger partial charge in [0, 0.05) is 55.1 Å². The van der Waals surface area contributed by atoms with E-state index in [2.05, 4.69) is 33.5 Å². The molecule has 1 aromatic heterocycles. The van der Waals surface area contributed by atoms with Gasteiger partial charge in [0.15, 0.2) is 0 Å². The van der Waals surface area contributed by atoms with Gasteiger partial charge >= 0.3 is 5.69 Å². The lowest BCUT2D eigenvalue weighted by atomic mass is 9.96. The summed E-state index contributed by atoms with van der Waals surface area (Å²) in [6, 6.07) is 0.686. The molecule has 0 amide bonds. The van der Waals surface area contributed by atoms with Crippen LogP contribution in [0.3, 0.4) is 0 Å². The molecular weight excluding hydrogens is 316 g/mol. The van der Waals surface area contributed by atoms with Crippen LogP contribution in [0.15, 0.2) is 4.79 Å². The Morgan fingerprint density at radius 3 is 2.68 bits per heavy atom. The van der Waals surface area contributed by atoms with Gasteiger partial charge in [-0.25, -0.2) is 9.48 Å². The molecule has 2 fully saturated rings. The number of hydrogen-bond donors (Lipinski definition) is 0. The zero-order valence-electron chi connectivity index (χ0n) is 13.5. The topological polar surface area (TPSA) is 43.1 Å². The maximum atomic E-state index is 12.1. The van der Waals surface area contributed by atoms with Crippen LogP contribution in [0.1, 0.15) is 31.5 Å². The molecule has 2 saturated heterocycles. The van der Waals surface area contributed by atoms with Crippen LogP contribution in [0.5, 0.6) is 0 Å². The largest absolute Gasteiger partial charge is 0.345 e. The monoisotopic (exact) mass is 342 g/mol. The van der Waals surface area contributed by atoms with E-state index in [1.54, 1.807) is 7.05 Å². The first-order valence-corrected chi connectivity index (χ1v) is 10.5. The molecule has 0 bridgehead atoms. The number of likely N-dealkylation sites (tertiary alicyclic amines) is 1. The standard InChI is InChI=1S/C15H26N4OS2/c1-3-19-14(16-17(2)15(19)20)12-5-4-6-18(9-12)13-10-21-7-8-22-11-13/h12-13H,3-11H2,1-2H3/t12-/m0/s1. The molecule has 1 atom stereocenters. The van der Waals surface area contributed by atoms with Crippen LogP contribution < -0.4 is 5.69 Å². The fourth-order valence-corrected chi connectivity index (χ4v) is 6.11. The van der Waals surface area contributed by atoms with Crippen molar-refractivity contribution in [1.82, 2.24) is 19.2 Å². The zero-order chi connectivity index (χ0) is 15.5. The Morgan fingerprint density at radius 2 is 2.00 bits per heavy atom. The van der Waals surface area contributed by atoms with Crippen LogP contribution in [-0.4, -0.2) is 61.4 Å². The third-order valence-electron chi connectivity index (χ3n) is 4.68. The average molecular weight is 343 g/mol. The van der Waals surface area contributed by atoms with Gasteiger partial charge in [0.1, 0.15) is 5.82 Å². The van der Waals surface area contributed by atoms with Gasteiger partial charge < -0.3 is 0 Å². The minimum absolute atomic E-state index is 0.0233. The van der Waals surface area contributed by atoms with E-state index in [0.717, 1.165) is 18.8 Å². The van der Waals surface area contributed by atoms with Gasteiger partial charge in [0.25, 0.3) is 0 Å². The van der Waals surface area contributed by atoms with Crippen molar-refractivity contribution < 1.29 is 0 Å². The van der Waals surface area contributed by atoms with Gasteiger partial charge in [-0.1, -0.05) is 0 Å². The Kier molecular flexibility index (Phi) is 5.57. The number of aromatic nitrogens is 3. The highest BCUT2D eigenvalue weighted by atomic mass is 32.2. The molecule has 3 rings (SSSR count). The number of aryl methyl sites for hydroxylation is 1. The first kappa shape index (κ1) is 16.5. The van der Waals surface area contributed by atoms with Crippen molar-refractivity contribution in [1.29, 1.82) is 0 Å². The predicted molar refractivity (Wildman–Crippen MR) is 95.1 cm³/mol. The lowest BCUT2D eigenvalue weighted by Gasteiger charge is -2.37. The number of thioether (sulfide) groups is 2. The van der Waals surface area contributed by atoms with Crippen molar-refractivity contribution in [3.05, 3.63) is 16.3 Å². The highest BCUT2D eigenvalue weighted by Crippen LogP contribution is 2.29. The van der Waals surface area contributed by atoms with Crippen LogP contribution in [-0.2, 0) is 13.6 Å². The molecule has 22 heavy (non-hydrogen) atoms. The first-order valence-electron chi connectivity index (χ1n) is 8.24. The molecule has 0 N–H and O–H groups in total. The van der Waals surface area contributed by atoms with Crippen molar-refractivity contribution in [2.75, 3.05) is 36.1 Å². The second-order valence-corrected chi connectivity index (χ2v) is 8.45. The summed E-state index contributed by atoms with van der Waals surface area (Å²) >= 11 is 4.18. The number of nitrogens with zero attached hydrogens (tertiary/aromatic N) is 4. The van der Waals surface area contributed by atoms with Gasteiger partial charge in [-0.3, -0.25) is 9.47 Å². The molecule has 1 aromatic rings. The van der Waals surface area contributed by atoms with E-state index < -0.39 is 0 Å². The van der Waals surface area contributed by atoms with Gasteiger partial charge in [-0.05, 0) is 26.3 Å². The summed E-state index contributed by atoms with van der Waals surface area (Å²) in [4.78, 5) is 14.8. The zero-order valence-corrected chi connectivity index (χ0v) is 15.2. The molecule has 0 unspecified atom stereocenters. The van der Waals surface area contributed by atoms with Crippen molar-refractivity contribution in [3.63, 3.8) is 0 Å². The van der Waals surface area contributed by atoms with Crippen molar-refractivity contribution in [2.24, 2.45) is 7.05 Å². The van der Waals surface area contributed by atoms with E-state index in [1.165, 1.54) is 40.7 Å². The smallest absolute Gasteiger partial charge is 0.298 e. The fraction of sp³-hybridized carbons (Fsp3) is 0.867. The molecular formula is C15H26N4OS2. The Labute approximate surface area is 140 Å². The third kappa shape index (κ3) is 3.41. The summed E-state index contributed by atoms with van der Waals surface area (Å²) in [5.41, 5.74) is 0.0233. The van der Waals surface area contributed by atoms with Crippen LogP contribution in [0.4, 0.5) is 0 Å². The summed E-state index contributed by atoms with van der Waals surface area (Å²) in [7, 11) is 1.76. The van der Waals surface area contributed by atoms with E-state index in [4.69, 9.17) is 0 Å². The molecule has 0 radical (unpaired) electrons. The molecule has 5 nitrogen and oxygen atoms in total. The lowest BCUT2D eigenvalue weighted by Crippen LogP contribution is -2.45. The van der Waals surface area contributed by atoms with Crippen molar-refractivity contribution >= 4 is 23.5 Å². The Hall–Kier alpha value is -0.400. The average Bonchev–Trinajstić information content (AvgIpc) is 2.75. The predicted octanol–water partition coefficient (Wildman–Crippen LogP) is 1.63. The van der Waals surface area contributed by atoms with E-state index in [0.29, 0.717) is 18.5 Å². The van der Waals surface area contributed by atoms with Gasteiger partial charge in [-0.2, -0.15) is 28.6 Å². The maximum Gasteiger partial charge on any atom is 0.345 e. The minimum Gasteiger partial charge on any atom is -0.298 e. The van der Waals surface area contributed by atoms with Crippen LogP contribution in [0.2, 0.25) is 0 Å². The van der Waals surface area contributed by atoms with E-state index >= 15 is 0 Å². The van der Waals surface area contributed by atoms with Crippen LogP contribution >= 0.6 is 23.5 Å². The Morgan fingerprint density at radius 1 is 1.27 bits per heavy atom. The molecule has 0 saturated carbocycles. The number of hydrogen-bond acceptors (Lipinski definition) is 5. The van der Waals surface area contributed by atoms with Crippen LogP contribution in [0.25, 0.3) is 0 Å². The Bertz CT molecular complexity index is 548. The van der Waals surface area contributed by atoms with Gasteiger partial charge in [0.05, 0.1) is 0 Å². The van der Waals surface area contributed by atoms with E-state index in [-0.39, 0.29) is 5.69 Å². The molecule has 2 aliphatic heterocycles. The molecule has 3 heterocycles. The second-order valence-electron chi connectivity index (χ2n) is 6.15. The molecule has 0 aliphatic carbocycles. The summed E-state index contributed by atoms with van der Waals surface area (Å²) in [6.07, 6.45) is 2.37. The quantitative estimate of drug-likeness (QED) is 0.835. The molecule has 2 aliphatic rings. The van der Waals surface area contributed by atoms with Crippen LogP contribution in [0, 0.1) is 0 Å². The second kappa shape index (κ2) is 7.45. The summed E-state index contributed by atoms with van der Waals surface area (Å²) in [6.45, 7) is 5.01. The normalized spacial score (nSPS) is 25.3. The summed E-state index contributed by atoms with van der Waals surface area (Å²) < 4.78 is 3.35. The molecule has 0 spiro atoms. The molecule has 7 heteroatoms. The highest BCUT2D eigenvalue weighted by molar-refractivity contribution is 8.03. The third-order valence-corrected chi connectivity index (χ3v) is 7.16. The summed E-state index contributed by atoms with van der Waals surface area (Å²) in [5, 5.41) is 4.53. The van der Waals surface area contributed by atoms with Gasteiger partial charge in [0.2, 0.25) is 0 Å². The highest BCUT2D eigenvalue weighted by Gasteiger charge is 2.30. The van der Waals surface area contributed by atoms with Crippen molar-refractivity contribution in [2.45, 2.75) is 38.3 Å². The molecule has 124 valence electrons. The number of piperidine rings is 1. The van der Waals surface area contributed by atoms with Crippen molar-refractivity contribution in [3.8, 4) is 0 Å². The summed E-state index contributed by atoms with van der Waals surface area (Å²) in [5.74, 6) is 6.47. The van der Waals surface area contributed by atoms with Gasteiger partial charge in [-0.15, -0.1) is 0 Å².